The molecule has 0 nitrogen and oxygen atoms in total. The van der Waals surface area contributed by atoms with Gasteiger partial charge in [-0.1, -0.05) is 0 Å². The van der Waals surface area contributed by atoms with E-state index in [0.29, 0.717) is 0 Å². The minimum atomic E-state index is -1.83. The summed E-state index contributed by atoms with van der Waals surface area (Å²) in [6, 6.07) is 0. The van der Waals surface area contributed by atoms with Crippen LogP contribution in [0.25, 0.3) is 0 Å². The van der Waals surface area contributed by atoms with Gasteiger partial charge in [0.25, 0.3) is 0 Å². The van der Waals surface area contributed by atoms with E-state index in [1.807, 2.05) is 0 Å². The fraction of sp³-hybridized carbons (Fsp3) is 1.00. The number of unbranched alkanes of at least 4 members (excludes halogenated alkanes) is 1. The first kappa shape index (κ1) is 7.66. The molecule has 0 aliphatic rings. The van der Waals surface area contributed by atoms with Gasteiger partial charge in [0.2, 0.25) is 0 Å². The van der Waals surface area contributed by atoms with Gasteiger partial charge < -0.3 is 0 Å². The van der Waals surface area contributed by atoms with Crippen molar-refractivity contribution in [3.63, 3.8) is 0 Å². The predicted octanol–water partition coefficient (Wildman–Crippen LogP) is 2.81. The Labute approximate surface area is 52.7 Å². The minimum absolute atomic E-state index is 0.889. The van der Waals surface area contributed by atoms with Gasteiger partial charge in [-0.05, 0) is 0 Å². The van der Waals surface area contributed by atoms with Crippen LogP contribution in [0.1, 0.15) is 19.8 Å². The third-order valence-corrected chi connectivity index (χ3v) is 3.00. The van der Waals surface area contributed by atoms with Crippen molar-refractivity contribution >= 4 is 20.4 Å². The van der Waals surface area contributed by atoms with Gasteiger partial charge in [0.15, 0.2) is 0 Å². The van der Waals surface area contributed by atoms with E-state index < -0.39 is 20.4 Å². The zero-order chi connectivity index (χ0) is 5.70. The van der Waals surface area contributed by atoms with Gasteiger partial charge in [0, 0.05) is 0 Å². The maximum absolute atomic E-state index is 12.0. The van der Waals surface area contributed by atoms with E-state index in [0.717, 1.165) is 17.3 Å². The van der Waals surface area contributed by atoms with E-state index in [4.69, 9.17) is 0 Å². The average molecular weight is 218 g/mol. The van der Waals surface area contributed by atoms with Crippen LogP contribution in [0.5, 0.6) is 0 Å². The molecule has 0 amide bonds. The Kier molecular flexibility index (Phi) is 5.26. The van der Waals surface area contributed by atoms with Crippen LogP contribution >= 0.6 is 20.4 Å². The number of halogens is 2. The molecule has 0 fully saturated rings. The summed E-state index contributed by atoms with van der Waals surface area (Å²) in [7, 11) is 0. The first-order valence-corrected chi connectivity index (χ1v) is 6.99. The molecular formula is C5H12FI. The van der Waals surface area contributed by atoms with Crippen LogP contribution in [0.2, 0.25) is 0 Å². The average Bonchev–Trinajstić information content (AvgIpc) is 1.61. The maximum atomic E-state index is 12.0. The first-order valence-electron chi connectivity index (χ1n) is 2.50. The second-order valence-corrected chi connectivity index (χ2v) is 5.55. The molecule has 0 saturated carbocycles. The molecule has 0 unspecified atom stereocenters. The van der Waals surface area contributed by atoms with Crippen LogP contribution in [0, 0.1) is 0 Å². The third kappa shape index (κ3) is 6.66. The topological polar surface area (TPSA) is 0 Å². The molecule has 0 N–H and O–H groups in total. The quantitative estimate of drug-likeness (QED) is 0.504. The Morgan fingerprint density at radius 3 is 2.29 bits per heavy atom. The van der Waals surface area contributed by atoms with E-state index in [9.17, 15) is 2.86 Å². The molecule has 0 aliphatic heterocycles. The number of alkyl halides is 2. The Balaban J connectivity index is 2.68. The molecule has 0 radical (unpaired) electrons. The second kappa shape index (κ2) is 4.81. The third-order valence-electron chi connectivity index (χ3n) is 0.748. The molecule has 0 bridgehead atoms. The zero-order valence-corrected chi connectivity index (χ0v) is 7.03. The van der Waals surface area contributed by atoms with E-state index in [1.54, 1.807) is 4.93 Å². The second-order valence-electron chi connectivity index (χ2n) is 1.55. The van der Waals surface area contributed by atoms with Crippen LogP contribution in [0.15, 0.2) is 0 Å². The monoisotopic (exact) mass is 218 g/mol. The fourth-order valence-corrected chi connectivity index (χ4v) is 2.13. The summed E-state index contributed by atoms with van der Waals surface area (Å²) in [4.78, 5) is 1.76. The Bertz CT molecular complexity index is 37.1. The van der Waals surface area contributed by atoms with Crippen LogP contribution in [-0.2, 0) is 0 Å². The van der Waals surface area contributed by atoms with Crippen molar-refractivity contribution in [1.29, 1.82) is 0 Å². The van der Waals surface area contributed by atoms with Gasteiger partial charge >= 0.3 is 52.4 Å². The fourth-order valence-electron chi connectivity index (χ4n) is 0.318. The predicted molar refractivity (Wildman–Crippen MR) is 40.8 cm³/mol. The molecular weight excluding hydrogens is 206 g/mol. The molecule has 0 aromatic carbocycles. The van der Waals surface area contributed by atoms with Gasteiger partial charge in [-0.25, -0.2) is 0 Å². The molecule has 0 aromatic rings. The van der Waals surface area contributed by atoms with Crippen molar-refractivity contribution in [1.82, 2.24) is 0 Å². The number of hydrogen-bond acceptors (Lipinski definition) is 0. The SMILES string of the molecule is CCCCI(C)F. The van der Waals surface area contributed by atoms with E-state index in [-0.39, 0.29) is 0 Å². The van der Waals surface area contributed by atoms with Crippen LogP contribution in [0.4, 0.5) is 2.86 Å². The summed E-state index contributed by atoms with van der Waals surface area (Å²) < 4.78 is 12.9. The summed E-state index contributed by atoms with van der Waals surface area (Å²) in [5, 5.41) is 0. The van der Waals surface area contributed by atoms with Gasteiger partial charge in [-0.2, -0.15) is 0 Å². The van der Waals surface area contributed by atoms with Gasteiger partial charge in [0.05, 0.1) is 0 Å². The van der Waals surface area contributed by atoms with Gasteiger partial charge in [-0.15, -0.1) is 0 Å². The van der Waals surface area contributed by atoms with Gasteiger partial charge in [-0.3, -0.25) is 0 Å². The summed E-state index contributed by atoms with van der Waals surface area (Å²) >= 11 is -1.83. The molecule has 0 rings (SSSR count). The van der Waals surface area contributed by atoms with Crippen molar-refractivity contribution in [2.75, 3.05) is 9.36 Å². The zero-order valence-electron chi connectivity index (χ0n) is 4.88. The van der Waals surface area contributed by atoms with E-state index in [1.165, 1.54) is 0 Å². The normalized spacial score (nSPS) is 11.6. The van der Waals surface area contributed by atoms with E-state index >= 15 is 0 Å². The Hall–Kier alpha value is 0.660. The van der Waals surface area contributed by atoms with Crippen molar-refractivity contribution in [2.24, 2.45) is 0 Å². The molecule has 0 aliphatic carbocycles. The van der Waals surface area contributed by atoms with E-state index in [2.05, 4.69) is 6.92 Å². The summed E-state index contributed by atoms with van der Waals surface area (Å²) in [6.07, 6.45) is 2.24. The summed E-state index contributed by atoms with van der Waals surface area (Å²) in [5.41, 5.74) is 0. The molecule has 7 heavy (non-hydrogen) atoms. The van der Waals surface area contributed by atoms with Crippen molar-refractivity contribution in [3.05, 3.63) is 0 Å². The molecule has 0 aromatic heterocycles. The van der Waals surface area contributed by atoms with Gasteiger partial charge in [0.1, 0.15) is 0 Å². The number of hydrogen-bond donors (Lipinski definition) is 0. The molecule has 0 spiro atoms. The molecule has 46 valence electrons. The molecule has 0 saturated heterocycles. The van der Waals surface area contributed by atoms with Crippen LogP contribution in [0.3, 0.4) is 0 Å². The van der Waals surface area contributed by atoms with Crippen molar-refractivity contribution in [3.8, 4) is 0 Å². The molecule has 0 atom stereocenters. The molecule has 0 heterocycles. The Morgan fingerprint density at radius 2 is 2.14 bits per heavy atom. The standard InChI is InChI=1S/C5H12FI/c1-3-4-5-7(2)6/h3-5H2,1-2H3. The van der Waals surface area contributed by atoms with Crippen molar-refractivity contribution < 1.29 is 2.86 Å². The number of rotatable bonds is 3. The van der Waals surface area contributed by atoms with Crippen LogP contribution in [-0.4, -0.2) is 9.36 Å². The Morgan fingerprint density at radius 1 is 1.57 bits per heavy atom. The van der Waals surface area contributed by atoms with Crippen molar-refractivity contribution in [2.45, 2.75) is 19.8 Å². The van der Waals surface area contributed by atoms with Crippen LogP contribution < -0.4 is 0 Å². The first-order chi connectivity index (χ1) is 3.27. The summed E-state index contributed by atoms with van der Waals surface area (Å²) in [6.45, 7) is 2.10. The molecule has 2 heteroatoms. The summed E-state index contributed by atoms with van der Waals surface area (Å²) in [5.74, 6) is 0.